The highest BCUT2D eigenvalue weighted by Crippen LogP contribution is 2.50. The number of hydrogen-bond donors (Lipinski definition) is 0. The molecule has 4 aromatic rings. The number of benzene rings is 2. The molecule has 1 aliphatic carbocycles. The monoisotopic (exact) mass is 700 g/mol. The molecular formula is C37H45ClN8O4. The molecule has 50 heavy (non-hydrogen) atoms. The van der Waals surface area contributed by atoms with Gasteiger partial charge in [-0.15, -0.1) is 0 Å². The molecule has 12 nitrogen and oxygen atoms in total. The Morgan fingerprint density at radius 3 is 2.40 bits per heavy atom. The number of rotatable bonds is 8. The predicted octanol–water partition coefficient (Wildman–Crippen LogP) is 4.23. The number of methoxy groups -OCH3 is 2. The van der Waals surface area contributed by atoms with Crippen molar-refractivity contribution in [1.29, 1.82) is 0 Å². The van der Waals surface area contributed by atoms with Gasteiger partial charge in [0, 0.05) is 43.7 Å². The summed E-state index contributed by atoms with van der Waals surface area (Å²) < 4.78 is 13.2. The summed E-state index contributed by atoms with van der Waals surface area (Å²) >= 11 is 6.42. The van der Waals surface area contributed by atoms with Gasteiger partial charge in [0.05, 0.1) is 44.4 Å². The highest BCUT2D eigenvalue weighted by molar-refractivity contribution is 6.31. The first-order chi connectivity index (χ1) is 24.2. The molecule has 7 rings (SSSR count). The van der Waals surface area contributed by atoms with Crippen LogP contribution in [0.15, 0.2) is 48.9 Å². The fourth-order valence-corrected chi connectivity index (χ4v) is 8.38. The normalized spacial score (nSPS) is 20.8. The molecule has 2 fully saturated rings. The summed E-state index contributed by atoms with van der Waals surface area (Å²) in [6, 6.07) is 11.9. The largest absolute Gasteiger partial charge is 0.493 e. The molecule has 1 spiro atoms. The average molecular weight is 701 g/mol. The van der Waals surface area contributed by atoms with Crippen molar-refractivity contribution < 1.29 is 19.1 Å². The van der Waals surface area contributed by atoms with Gasteiger partial charge >= 0.3 is 0 Å². The van der Waals surface area contributed by atoms with Crippen LogP contribution in [0.25, 0.3) is 11.0 Å². The molecule has 264 valence electrons. The highest BCUT2D eigenvalue weighted by atomic mass is 35.5. The van der Waals surface area contributed by atoms with E-state index in [1.807, 2.05) is 59.0 Å². The molecule has 3 aliphatic rings. The maximum Gasteiger partial charge on any atom is 0.237 e. The molecule has 0 N–H and O–H groups in total. The summed E-state index contributed by atoms with van der Waals surface area (Å²) in [5.41, 5.74) is 3.55. The van der Waals surface area contributed by atoms with E-state index >= 15 is 0 Å². The van der Waals surface area contributed by atoms with Crippen LogP contribution in [0.2, 0.25) is 5.02 Å². The lowest BCUT2D eigenvalue weighted by molar-refractivity contribution is -0.144. The number of piperazine rings is 1. The number of ether oxygens (including phenoxy) is 2. The first-order valence-corrected chi connectivity index (χ1v) is 17.7. The Labute approximate surface area is 297 Å². The Balaban J connectivity index is 1.04. The standard InChI is InChI=1S/C37H45ClN8O4/c1-42(2)23-33(47)45-14-11-26-19-31(49-3)32(50-4)20-29(26)37(45)12-9-25(10-13-37)36(48)44-17-15-43(16-18-44)34-28-21-41-46(35(28)40-24-39-34)22-27-7-5-6-8-30(27)38/h5-8,19-21,24-25H,9-18,22-23H2,1-4H3. The van der Waals surface area contributed by atoms with Crippen LogP contribution in [0, 0.1) is 5.92 Å². The van der Waals surface area contributed by atoms with Crippen molar-refractivity contribution >= 4 is 40.3 Å². The zero-order chi connectivity index (χ0) is 35.0. The van der Waals surface area contributed by atoms with E-state index in [1.54, 1.807) is 20.5 Å². The van der Waals surface area contributed by atoms with Gasteiger partial charge < -0.3 is 29.1 Å². The summed E-state index contributed by atoms with van der Waals surface area (Å²) in [6.45, 7) is 4.08. The highest BCUT2D eigenvalue weighted by Gasteiger charge is 2.49. The minimum atomic E-state index is -0.482. The van der Waals surface area contributed by atoms with Gasteiger partial charge in [0.1, 0.15) is 12.1 Å². The first-order valence-electron chi connectivity index (χ1n) is 17.4. The van der Waals surface area contributed by atoms with E-state index in [0.29, 0.717) is 62.3 Å². The fraction of sp³-hybridized carbons (Fsp3) is 0.486. The van der Waals surface area contributed by atoms with E-state index in [-0.39, 0.29) is 17.7 Å². The molecule has 1 saturated carbocycles. The molecule has 0 bridgehead atoms. The van der Waals surface area contributed by atoms with Gasteiger partial charge in [0.2, 0.25) is 11.8 Å². The summed E-state index contributed by atoms with van der Waals surface area (Å²) in [5.74, 6) is 2.43. The number of carbonyl (C=O) groups is 2. The van der Waals surface area contributed by atoms with Crippen molar-refractivity contribution in [2.24, 2.45) is 5.92 Å². The quantitative estimate of drug-likeness (QED) is 0.267. The molecule has 2 amide bonds. The summed E-state index contributed by atoms with van der Waals surface area (Å²) in [7, 11) is 7.15. The van der Waals surface area contributed by atoms with Crippen molar-refractivity contribution in [3.05, 3.63) is 70.6 Å². The van der Waals surface area contributed by atoms with E-state index in [0.717, 1.165) is 60.1 Å². The molecule has 2 aromatic carbocycles. The van der Waals surface area contributed by atoms with Gasteiger partial charge in [-0.05, 0) is 81.1 Å². The minimum absolute atomic E-state index is 0.0858. The molecule has 0 unspecified atom stereocenters. The number of carbonyl (C=O) groups excluding carboxylic acids is 2. The van der Waals surface area contributed by atoms with Gasteiger partial charge in [-0.3, -0.25) is 9.59 Å². The molecule has 2 aromatic heterocycles. The van der Waals surface area contributed by atoms with Crippen LogP contribution in [0.4, 0.5) is 5.82 Å². The molecular weight excluding hydrogens is 656 g/mol. The first kappa shape index (κ1) is 34.0. The molecule has 13 heteroatoms. The van der Waals surface area contributed by atoms with Crippen molar-refractivity contribution in [3.63, 3.8) is 0 Å². The summed E-state index contributed by atoms with van der Waals surface area (Å²) in [5, 5.41) is 6.19. The van der Waals surface area contributed by atoms with Crippen LogP contribution in [0.3, 0.4) is 0 Å². The number of aromatic nitrogens is 4. The smallest absolute Gasteiger partial charge is 0.237 e. The maximum atomic E-state index is 14.0. The number of hydrogen-bond acceptors (Lipinski definition) is 9. The third kappa shape index (κ3) is 6.23. The van der Waals surface area contributed by atoms with Crippen LogP contribution >= 0.6 is 11.6 Å². The van der Waals surface area contributed by atoms with Crippen LogP contribution < -0.4 is 14.4 Å². The fourth-order valence-electron chi connectivity index (χ4n) is 8.19. The van der Waals surface area contributed by atoms with Crippen LogP contribution in [0.1, 0.15) is 42.4 Å². The molecule has 0 atom stereocenters. The number of amides is 2. The van der Waals surface area contributed by atoms with Gasteiger partial charge in [-0.2, -0.15) is 5.10 Å². The summed E-state index contributed by atoms with van der Waals surface area (Å²) in [4.78, 5) is 45.1. The number of likely N-dealkylation sites (N-methyl/N-ethyl adjacent to an activating group) is 1. The summed E-state index contributed by atoms with van der Waals surface area (Å²) in [6.07, 6.45) is 7.04. The van der Waals surface area contributed by atoms with E-state index < -0.39 is 5.54 Å². The van der Waals surface area contributed by atoms with Crippen molar-refractivity contribution in [2.75, 3.05) is 72.5 Å². The van der Waals surface area contributed by atoms with Gasteiger partial charge in [0.25, 0.3) is 0 Å². The van der Waals surface area contributed by atoms with Crippen molar-refractivity contribution in [2.45, 2.75) is 44.2 Å². The zero-order valence-corrected chi connectivity index (χ0v) is 30.0. The van der Waals surface area contributed by atoms with E-state index in [2.05, 4.69) is 37.0 Å². The van der Waals surface area contributed by atoms with Crippen LogP contribution in [-0.2, 0) is 28.1 Å². The average Bonchev–Trinajstić information content (AvgIpc) is 3.54. The van der Waals surface area contributed by atoms with Crippen LogP contribution in [0.5, 0.6) is 11.5 Å². The third-order valence-electron chi connectivity index (χ3n) is 10.7. The lowest BCUT2D eigenvalue weighted by Crippen LogP contribution is -2.57. The molecule has 1 saturated heterocycles. The Hall–Kier alpha value is -4.42. The SMILES string of the molecule is COc1cc2c(cc1OC)C1(CCC(C(=O)N3CCN(c4ncnc5c4cnn5Cc4ccccc4Cl)CC3)CC1)N(C(=O)CN(C)C)CC2. The van der Waals surface area contributed by atoms with Crippen molar-refractivity contribution in [1.82, 2.24) is 34.4 Å². The maximum absolute atomic E-state index is 14.0. The second-order valence-electron chi connectivity index (χ2n) is 13.8. The van der Waals surface area contributed by atoms with Gasteiger partial charge in [-0.25, -0.2) is 14.6 Å². The molecule has 0 radical (unpaired) electrons. The lowest BCUT2D eigenvalue weighted by Gasteiger charge is -2.52. The third-order valence-corrected chi connectivity index (χ3v) is 11.1. The zero-order valence-electron chi connectivity index (χ0n) is 29.3. The Morgan fingerprint density at radius 1 is 0.980 bits per heavy atom. The van der Waals surface area contributed by atoms with E-state index in [1.165, 1.54) is 5.56 Å². The Morgan fingerprint density at radius 2 is 1.70 bits per heavy atom. The number of fused-ring (bicyclic) bond motifs is 3. The van der Waals surface area contributed by atoms with Crippen LogP contribution in [-0.4, -0.2) is 114 Å². The Bertz CT molecular complexity index is 1880. The Kier molecular flexibility index (Phi) is 9.58. The minimum Gasteiger partial charge on any atom is -0.493 e. The molecule has 4 heterocycles. The second kappa shape index (κ2) is 14.1. The lowest BCUT2D eigenvalue weighted by atomic mass is 9.68. The van der Waals surface area contributed by atoms with Crippen molar-refractivity contribution in [3.8, 4) is 11.5 Å². The number of anilines is 1. The van der Waals surface area contributed by atoms with E-state index in [9.17, 15) is 9.59 Å². The van der Waals surface area contributed by atoms with Gasteiger partial charge in [0.15, 0.2) is 17.1 Å². The number of nitrogens with zero attached hydrogens (tertiary/aromatic N) is 8. The second-order valence-corrected chi connectivity index (χ2v) is 14.3. The van der Waals surface area contributed by atoms with Gasteiger partial charge in [-0.1, -0.05) is 29.8 Å². The topological polar surface area (TPSA) is 109 Å². The predicted molar refractivity (Wildman–Crippen MR) is 192 cm³/mol. The molecule has 2 aliphatic heterocycles. The number of halogens is 1. The van der Waals surface area contributed by atoms with E-state index in [4.69, 9.17) is 21.1 Å².